The predicted molar refractivity (Wildman–Crippen MR) is 81.9 cm³/mol. The number of benzene rings is 1. The summed E-state index contributed by atoms with van der Waals surface area (Å²) in [7, 11) is 0. The SMILES string of the molecule is CCOc1ccc(CC(=O)Nc2ccc(Br)nc2)cc1. The van der Waals surface area contributed by atoms with Crippen LogP contribution in [-0.4, -0.2) is 17.5 Å². The fraction of sp³-hybridized carbons (Fsp3) is 0.200. The number of carbonyl (C=O) groups excluding carboxylic acids is 1. The number of aromatic nitrogens is 1. The first kappa shape index (κ1) is 14.5. The molecule has 1 heterocycles. The Morgan fingerprint density at radius 1 is 1.25 bits per heavy atom. The standard InChI is InChI=1S/C15H15BrN2O2/c1-2-20-13-6-3-11(4-7-13)9-15(19)18-12-5-8-14(16)17-10-12/h3-8,10H,2,9H2,1H3,(H,18,19). The van der Waals surface area contributed by atoms with Crippen molar-refractivity contribution in [2.75, 3.05) is 11.9 Å². The second kappa shape index (κ2) is 7.05. The van der Waals surface area contributed by atoms with E-state index < -0.39 is 0 Å². The van der Waals surface area contributed by atoms with Crippen molar-refractivity contribution in [1.29, 1.82) is 0 Å². The van der Waals surface area contributed by atoms with Gasteiger partial charge in [0.25, 0.3) is 0 Å². The Kier molecular flexibility index (Phi) is 5.12. The van der Waals surface area contributed by atoms with Gasteiger partial charge in [-0.15, -0.1) is 0 Å². The molecule has 0 aliphatic rings. The average molecular weight is 335 g/mol. The number of ether oxygens (including phenoxy) is 1. The molecule has 0 aliphatic carbocycles. The van der Waals surface area contributed by atoms with Gasteiger partial charge in [-0.3, -0.25) is 4.79 Å². The highest BCUT2D eigenvalue weighted by molar-refractivity contribution is 9.10. The third kappa shape index (κ3) is 4.35. The number of hydrogen-bond donors (Lipinski definition) is 1. The molecule has 0 saturated heterocycles. The Bertz CT molecular complexity index is 567. The molecule has 20 heavy (non-hydrogen) atoms. The first-order valence-corrected chi connectivity index (χ1v) is 7.10. The Hall–Kier alpha value is -1.88. The van der Waals surface area contributed by atoms with Crippen molar-refractivity contribution in [2.24, 2.45) is 0 Å². The molecule has 2 aromatic rings. The molecular formula is C15H15BrN2O2. The molecule has 0 atom stereocenters. The zero-order chi connectivity index (χ0) is 14.4. The van der Waals surface area contributed by atoms with Crippen LogP contribution in [0.5, 0.6) is 5.75 Å². The minimum Gasteiger partial charge on any atom is -0.494 e. The topological polar surface area (TPSA) is 51.2 Å². The van der Waals surface area contributed by atoms with Gasteiger partial charge in [0, 0.05) is 0 Å². The molecule has 0 unspecified atom stereocenters. The van der Waals surface area contributed by atoms with E-state index >= 15 is 0 Å². The Morgan fingerprint density at radius 3 is 2.60 bits per heavy atom. The van der Waals surface area contributed by atoms with Crippen LogP contribution in [0, 0.1) is 0 Å². The van der Waals surface area contributed by atoms with Crippen LogP contribution in [0.2, 0.25) is 0 Å². The minimum atomic E-state index is -0.0710. The predicted octanol–water partition coefficient (Wildman–Crippen LogP) is 3.42. The van der Waals surface area contributed by atoms with Crippen LogP contribution < -0.4 is 10.1 Å². The number of carbonyl (C=O) groups is 1. The van der Waals surface area contributed by atoms with Crippen LogP contribution in [0.3, 0.4) is 0 Å². The summed E-state index contributed by atoms with van der Waals surface area (Å²) in [5.74, 6) is 0.743. The van der Waals surface area contributed by atoms with Gasteiger partial charge in [-0.05, 0) is 52.7 Å². The quantitative estimate of drug-likeness (QED) is 0.852. The molecule has 0 radical (unpaired) electrons. The second-order valence-corrected chi connectivity index (χ2v) is 4.98. The van der Waals surface area contributed by atoms with E-state index in [1.165, 1.54) is 0 Å². The van der Waals surface area contributed by atoms with Crippen LogP contribution in [-0.2, 0) is 11.2 Å². The van der Waals surface area contributed by atoms with Crippen LogP contribution in [0.1, 0.15) is 12.5 Å². The van der Waals surface area contributed by atoms with Gasteiger partial charge in [-0.2, -0.15) is 0 Å². The number of rotatable bonds is 5. The summed E-state index contributed by atoms with van der Waals surface area (Å²) < 4.78 is 6.10. The zero-order valence-electron chi connectivity index (χ0n) is 11.1. The van der Waals surface area contributed by atoms with E-state index in [9.17, 15) is 4.79 Å². The molecule has 0 aliphatic heterocycles. The summed E-state index contributed by atoms with van der Waals surface area (Å²) in [5, 5.41) is 2.80. The van der Waals surface area contributed by atoms with Gasteiger partial charge >= 0.3 is 0 Å². The van der Waals surface area contributed by atoms with Gasteiger partial charge < -0.3 is 10.1 Å². The van der Waals surface area contributed by atoms with Crippen molar-refractivity contribution < 1.29 is 9.53 Å². The van der Waals surface area contributed by atoms with Gasteiger partial charge in [-0.1, -0.05) is 12.1 Å². The summed E-state index contributed by atoms with van der Waals surface area (Å²) in [5.41, 5.74) is 1.63. The highest BCUT2D eigenvalue weighted by Gasteiger charge is 2.05. The molecule has 2 rings (SSSR count). The van der Waals surface area contributed by atoms with E-state index in [4.69, 9.17) is 4.74 Å². The first-order valence-electron chi connectivity index (χ1n) is 6.30. The van der Waals surface area contributed by atoms with E-state index in [-0.39, 0.29) is 5.91 Å². The summed E-state index contributed by atoms with van der Waals surface area (Å²) >= 11 is 3.25. The summed E-state index contributed by atoms with van der Waals surface area (Å²) in [4.78, 5) is 16.0. The lowest BCUT2D eigenvalue weighted by atomic mass is 10.1. The fourth-order valence-electron chi connectivity index (χ4n) is 1.71. The van der Waals surface area contributed by atoms with Gasteiger partial charge in [0.2, 0.25) is 5.91 Å². The highest BCUT2D eigenvalue weighted by Crippen LogP contribution is 2.14. The van der Waals surface area contributed by atoms with E-state index in [2.05, 4.69) is 26.2 Å². The van der Waals surface area contributed by atoms with Crippen LogP contribution in [0.25, 0.3) is 0 Å². The smallest absolute Gasteiger partial charge is 0.228 e. The maximum atomic E-state index is 11.9. The molecule has 1 aromatic heterocycles. The van der Waals surface area contributed by atoms with Crippen LogP contribution in [0.15, 0.2) is 47.2 Å². The lowest BCUT2D eigenvalue weighted by Crippen LogP contribution is -2.14. The molecule has 0 spiro atoms. The molecule has 5 heteroatoms. The highest BCUT2D eigenvalue weighted by atomic mass is 79.9. The number of pyridine rings is 1. The molecule has 4 nitrogen and oxygen atoms in total. The van der Waals surface area contributed by atoms with Gasteiger partial charge in [0.15, 0.2) is 0 Å². The van der Waals surface area contributed by atoms with Crippen LogP contribution in [0.4, 0.5) is 5.69 Å². The summed E-state index contributed by atoms with van der Waals surface area (Å²) in [6, 6.07) is 11.1. The number of nitrogens with zero attached hydrogens (tertiary/aromatic N) is 1. The number of nitrogens with one attached hydrogen (secondary N) is 1. The van der Waals surface area contributed by atoms with Gasteiger partial charge in [0.05, 0.1) is 24.9 Å². The largest absolute Gasteiger partial charge is 0.494 e. The van der Waals surface area contributed by atoms with Crippen molar-refractivity contribution in [3.8, 4) is 5.75 Å². The fourth-order valence-corrected chi connectivity index (χ4v) is 1.95. The number of amides is 1. The maximum absolute atomic E-state index is 11.9. The molecule has 104 valence electrons. The van der Waals surface area contributed by atoms with Gasteiger partial charge in [0.1, 0.15) is 10.4 Å². The number of anilines is 1. The molecule has 0 saturated carbocycles. The number of halogens is 1. The molecule has 1 N–H and O–H groups in total. The normalized spacial score (nSPS) is 10.1. The van der Waals surface area contributed by atoms with Crippen molar-refractivity contribution >= 4 is 27.5 Å². The minimum absolute atomic E-state index is 0.0710. The van der Waals surface area contributed by atoms with E-state index in [1.54, 1.807) is 18.3 Å². The van der Waals surface area contributed by atoms with Crippen LogP contribution >= 0.6 is 15.9 Å². The third-order valence-electron chi connectivity index (χ3n) is 2.61. The molecule has 1 amide bonds. The molecule has 0 bridgehead atoms. The molecular weight excluding hydrogens is 320 g/mol. The summed E-state index contributed by atoms with van der Waals surface area (Å²) in [6.07, 6.45) is 1.93. The van der Waals surface area contributed by atoms with Crippen molar-refractivity contribution in [3.63, 3.8) is 0 Å². The monoisotopic (exact) mass is 334 g/mol. The Labute approximate surface area is 126 Å². The van der Waals surface area contributed by atoms with E-state index in [0.29, 0.717) is 18.7 Å². The van der Waals surface area contributed by atoms with E-state index in [0.717, 1.165) is 15.9 Å². The lowest BCUT2D eigenvalue weighted by molar-refractivity contribution is -0.115. The Morgan fingerprint density at radius 2 is 2.00 bits per heavy atom. The van der Waals surface area contributed by atoms with E-state index in [1.807, 2.05) is 31.2 Å². The summed E-state index contributed by atoms with van der Waals surface area (Å²) in [6.45, 7) is 2.57. The zero-order valence-corrected chi connectivity index (χ0v) is 12.7. The van der Waals surface area contributed by atoms with Crippen molar-refractivity contribution in [2.45, 2.75) is 13.3 Å². The lowest BCUT2D eigenvalue weighted by Gasteiger charge is -2.06. The van der Waals surface area contributed by atoms with Crippen molar-refractivity contribution in [3.05, 3.63) is 52.8 Å². The average Bonchev–Trinajstić information content (AvgIpc) is 2.44. The number of hydrogen-bond acceptors (Lipinski definition) is 3. The Balaban J connectivity index is 1.92. The second-order valence-electron chi connectivity index (χ2n) is 4.17. The molecule has 0 fully saturated rings. The van der Waals surface area contributed by atoms with Crippen molar-refractivity contribution in [1.82, 2.24) is 4.98 Å². The van der Waals surface area contributed by atoms with Gasteiger partial charge in [-0.25, -0.2) is 4.98 Å². The first-order chi connectivity index (χ1) is 9.67. The molecule has 1 aromatic carbocycles. The third-order valence-corrected chi connectivity index (χ3v) is 3.08. The maximum Gasteiger partial charge on any atom is 0.228 e.